The van der Waals surface area contributed by atoms with E-state index in [-0.39, 0.29) is 6.10 Å². The van der Waals surface area contributed by atoms with Crippen LogP contribution in [0.1, 0.15) is 6.92 Å². The van der Waals surface area contributed by atoms with Gasteiger partial charge in [0.25, 0.3) is 0 Å². The highest BCUT2D eigenvalue weighted by molar-refractivity contribution is 4.97. The molecule has 0 amide bonds. The first kappa shape index (κ1) is 9.53. The van der Waals surface area contributed by atoms with E-state index in [1.807, 2.05) is 6.92 Å². The summed E-state index contributed by atoms with van der Waals surface area (Å²) in [4.78, 5) is 0. The first-order chi connectivity index (χ1) is 5.93. The van der Waals surface area contributed by atoms with Crippen LogP contribution in [-0.4, -0.2) is 39.0 Å². The van der Waals surface area contributed by atoms with Crippen molar-refractivity contribution in [2.24, 2.45) is 0 Å². The SMILES string of the molecule is CC#CCNCC1COCCO1. The van der Waals surface area contributed by atoms with Crippen LogP contribution in [0.4, 0.5) is 0 Å². The zero-order valence-corrected chi connectivity index (χ0v) is 7.43. The molecule has 1 rings (SSSR count). The summed E-state index contributed by atoms with van der Waals surface area (Å²) in [6.45, 7) is 5.54. The van der Waals surface area contributed by atoms with E-state index in [4.69, 9.17) is 9.47 Å². The van der Waals surface area contributed by atoms with Crippen molar-refractivity contribution < 1.29 is 9.47 Å². The predicted molar refractivity (Wildman–Crippen MR) is 46.9 cm³/mol. The topological polar surface area (TPSA) is 30.5 Å². The fourth-order valence-corrected chi connectivity index (χ4v) is 1.04. The summed E-state index contributed by atoms with van der Waals surface area (Å²) in [5.74, 6) is 5.75. The predicted octanol–water partition coefficient (Wildman–Crippen LogP) is 0.0147. The highest BCUT2D eigenvalue weighted by Gasteiger charge is 2.12. The van der Waals surface area contributed by atoms with Gasteiger partial charge in [-0.1, -0.05) is 5.92 Å². The van der Waals surface area contributed by atoms with Crippen LogP contribution < -0.4 is 5.32 Å². The summed E-state index contributed by atoms with van der Waals surface area (Å²) in [6.07, 6.45) is 0.206. The van der Waals surface area contributed by atoms with Crippen LogP contribution in [-0.2, 0) is 9.47 Å². The minimum atomic E-state index is 0.206. The molecule has 1 atom stereocenters. The Bertz CT molecular complexity index is 165. The zero-order chi connectivity index (χ0) is 8.65. The van der Waals surface area contributed by atoms with Gasteiger partial charge in [-0.15, -0.1) is 5.92 Å². The molecule has 0 aromatic carbocycles. The van der Waals surface area contributed by atoms with Gasteiger partial charge in [-0.05, 0) is 6.92 Å². The third-order valence-electron chi connectivity index (χ3n) is 1.65. The summed E-state index contributed by atoms with van der Waals surface area (Å²) >= 11 is 0. The zero-order valence-electron chi connectivity index (χ0n) is 7.43. The lowest BCUT2D eigenvalue weighted by Crippen LogP contribution is -2.37. The second kappa shape index (κ2) is 6.01. The summed E-state index contributed by atoms with van der Waals surface area (Å²) < 4.78 is 10.7. The van der Waals surface area contributed by atoms with E-state index in [0.29, 0.717) is 13.2 Å². The van der Waals surface area contributed by atoms with E-state index in [9.17, 15) is 0 Å². The number of hydrogen-bond donors (Lipinski definition) is 1. The smallest absolute Gasteiger partial charge is 0.0933 e. The fourth-order valence-electron chi connectivity index (χ4n) is 1.04. The van der Waals surface area contributed by atoms with Gasteiger partial charge in [0, 0.05) is 6.54 Å². The number of rotatable bonds is 3. The molecule has 3 heteroatoms. The molecule has 0 aromatic rings. The van der Waals surface area contributed by atoms with Crippen molar-refractivity contribution in [2.45, 2.75) is 13.0 Å². The van der Waals surface area contributed by atoms with Crippen LogP contribution in [0.15, 0.2) is 0 Å². The largest absolute Gasteiger partial charge is 0.376 e. The Morgan fingerprint density at radius 2 is 2.42 bits per heavy atom. The normalized spacial score (nSPS) is 22.9. The van der Waals surface area contributed by atoms with Crippen molar-refractivity contribution in [3.63, 3.8) is 0 Å². The molecule has 0 aromatic heterocycles. The molecule has 1 unspecified atom stereocenters. The molecule has 1 fully saturated rings. The fraction of sp³-hybridized carbons (Fsp3) is 0.778. The minimum absolute atomic E-state index is 0.206. The van der Waals surface area contributed by atoms with Crippen molar-refractivity contribution in [3.8, 4) is 11.8 Å². The molecule has 0 radical (unpaired) electrons. The molecule has 1 saturated heterocycles. The highest BCUT2D eigenvalue weighted by atomic mass is 16.6. The summed E-state index contributed by atoms with van der Waals surface area (Å²) in [5, 5.41) is 3.18. The van der Waals surface area contributed by atoms with Gasteiger partial charge < -0.3 is 14.8 Å². The maximum atomic E-state index is 5.42. The number of hydrogen-bond acceptors (Lipinski definition) is 3. The third-order valence-corrected chi connectivity index (χ3v) is 1.65. The first-order valence-corrected chi connectivity index (χ1v) is 4.23. The van der Waals surface area contributed by atoms with E-state index >= 15 is 0 Å². The van der Waals surface area contributed by atoms with Crippen molar-refractivity contribution >= 4 is 0 Å². The van der Waals surface area contributed by atoms with Gasteiger partial charge in [0.05, 0.1) is 32.5 Å². The van der Waals surface area contributed by atoms with E-state index in [1.54, 1.807) is 0 Å². The monoisotopic (exact) mass is 169 g/mol. The van der Waals surface area contributed by atoms with E-state index in [0.717, 1.165) is 19.7 Å². The van der Waals surface area contributed by atoms with Crippen LogP contribution in [0.3, 0.4) is 0 Å². The van der Waals surface area contributed by atoms with Gasteiger partial charge >= 0.3 is 0 Å². The average molecular weight is 169 g/mol. The quantitative estimate of drug-likeness (QED) is 0.477. The lowest BCUT2D eigenvalue weighted by molar-refractivity contribution is -0.0860. The van der Waals surface area contributed by atoms with Crippen LogP contribution in [0.5, 0.6) is 0 Å². The first-order valence-electron chi connectivity index (χ1n) is 4.23. The number of nitrogens with one attached hydrogen (secondary N) is 1. The Labute approximate surface area is 73.4 Å². The van der Waals surface area contributed by atoms with Gasteiger partial charge in [0.2, 0.25) is 0 Å². The Morgan fingerprint density at radius 1 is 1.50 bits per heavy atom. The minimum Gasteiger partial charge on any atom is -0.376 e. The van der Waals surface area contributed by atoms with E-state index in [1.165, 1.54) is 0 Å². The second-order valence-corrected chi connectivity index (χ2v) is 2.63. The molecule has 1 aliphatic rings. The summed E-state index contributed by atoms with van der Waals surface area (Å²) in [6, 6.07) is 0. The van der Waals surface area contributed by atoms with Crippen molar-refractivity contribution in [3.05, 3.63) is 0 Å². The molecular weight excluding hydrogens is 154 g/mol. The average Bonchev–Trinajstić information content (AvgIpc) is 2.14. The molecule has 1 heterocycles. The molecule has 0 bridgehead atoms. The lowest BCUT2D eigenvalue weighted by atomic mass is 10.3. The van der Waals surface area contributed by atoms with E-state index in [2.05, 4.69) is 17.2 Å². The molecule has 12 heavy (non-hydrogen) atoms. The molecule has 0 saturated carbocycles. The molecule has 1 N–H and O–H groups in total. The molecule has 3 nitrogen and oxygen atoms in total. The maximum absolute atomic E-state index is 5.42. The molecule has 1 aliphatic heterocycles. The Morgan fingerprint density at radius 3 is 3.08 bits per heavy atom. The standard InChI is InChI=1S/C9H15NO2/c1-2-3-4-10-7-9-8-11-5-6-12-9/h9-10H,4-8H2,1H3. The van der Waals surface area contributed by atoms with Gasteiger partial charge in [0.15, 0.2) is 0 Å². The summed E-state index contributed by atoms with van der Waals surface area (Å²) in [5.41, 5.74) is 0. The second-order valence-electron chi connectivity index (χ2n) is 2.63. The Hall–Kier alpha value is -0.560. The van der Waals surface area contributed by atoms with Gasteiger partial charge in [-0.25, -0.2) is 0 Å². The van der Waals surface area contributed by atoms with Crippen molar-refractivity contribution in [2.75, 3.05) is 32.9 Å². The highest BCUT2D eigenvalue weighted by Crippen LogP contribution is 1.98. The molecule has 0 aliphatic carbocycles. The van der Waals surface area contributed by atoms with Crippen LogP contribution >= 0.6 is 0 Å². The van der Waals surface area contributed by atoms with Crippen LogP contribution in [0.25, 0.3) is 0 Å². The maximum Gasteiger partial charge on any atom is 0.0933 e. The van der Waals surface area contributed by atoms with Crippen LogP contribution in [0.2, 0.25) is 0 Å². The molecule has 68 valence electrons. The Kier molecular flexibility index (Phi) is 4.77. The van der Waals surface area contributed by atoms with Crippen LogP contribution in [0, 0.1) is 11.8 Å². The van der Waals surface area contributed by atoms with E-state index < -0.39 is 0 Å². The van der Waals surface area contributed by atoms with Crippen molar-refractivity contribution in [1.82, 2.24) is 5.32 Å². The third kappa shape index (κ3) is 3.72. The summed E-state index contributed by atoms with van der Waals surface area (Å²) in [7, 11) is 0. The van der Waals surface area contributed by atoms with Gasteiger partial charge in [-0.3, -0.25) is 0 Å². The van der Waals surface area contributed by atoms with Gasteiger partial charge in [-0.2, -0.15) is 0 Å². The molecular formula is C9H15NO2. The number of ether oxygens (including phenoxy) is 2. The lowest BCUT2D eigenvalue weighted by Gasteiger charge is -2.22. The van der Waals surface area contributed by atoms with Crippen molar-refractivity contribution in [1.29, 1.82) is 0 Å². The van der Waals surface area contributed by atoms with Gasteiger partial charge in [0.1, 0.15) is 0 Å². The Balaban J connectivity index is 2.00. The molecule has 0 spiro atoms.